The highest BCUT2D eigenvalue weighted by atomic mass is 127. The van der Waals surface area contributed by atoms with E-state index < -0.39 is 6.10 Å². The number of carbonyl (C=O) groups is 1. The number of pyridine rings is 1. The van der Waals surface area contributed by atoms with Crippen molar-refractivity contribution < 1.29 is 19.4 Å². The molecule has 0 unspecified atom stereocenters. The summed E-state index contributed by atoms with van der Waals surface area (Å²) < 4.78 is 10.3. The lowest BCUT2D eigenvalue weighted by Gasteiger charge is -2.11. The molecule has 1 rings (SSSR count). The van der Waals surface area contributed by atoms with Crippen LogP contribution in [0.25, 0.3) is 0 Å². The molecule has 0 spiro atoms. The number of aromatic nitrogens is 1. The number of methoxy groups -OCH3 is 2. The zero-order valence-electron chi connectivity index (χ0n) is 10.4. The van der Waals surface area contributed by atoms with Crippen molar-refractivity contribution >= 4 is 28.6 Å². The summed E-state index contributed by atoms with van der Waals surface area (Å²) in [6, 6.07) is 3.50. The lowest BCUT2D eigenvalue weighted by molar-refractivity contribution is -0.140. The van der Waals surface area contributed by atoms with Gasteiger partial charge in [0.2, 0.25) is 0 Å². The van der Waals surface area contributed by atoms with Crippen LogP contribution in [0.1, 0.15) is 31.1 Å². The van der Waals surface area contributed by atoms with E-state index in [1.807, 2.05) is 0 Å². The summed E-state index contributed by atoms with van der Waals surface area (Å²) in [6.07, 6.45) is 0.678. The Labute approximate surface area is 120 Å². The Bertz CT molecular complexity index is 411. The first kappa shape index (κ1) is 15.2. The highest BCUT2D eigenvalue weighted by Crippen LogP contribution is 2.23. The van der Waals surface area contributed by atoms with Crippen molar-refractivity contribution in [2.45, 2.75) is 25.4 Å². The van der Waals surface area contributed by atoms with Gasteiger partial charge in [-0.1, -0.05) is 0 Å². The summed E-state index contributed by atoms with van der Waals surface area (Å²) in [5, 5.41) is 9.94. The lowest BCUT2D eigenvalue weighted by Crippen LogP contribution is -2.05. The van der Waals surface area contributed by atoms with Gasteiger partial charge >= 0.3 is 5.97 Å². The first-order valence-electron chi connectivity index (χ1n) is 5.53. The second-order valence-corrected chi connectivity index (χ2v) is 4.74. The Morgan fingerprint density at radius 1 is 1.50 bits per heavy atom. The van der Waals surface area contributed by atoms with E-state index in [0.29, 0.717) is 34.4 Å². The number of ether oxygens (including phenoxy) is 2. The molecule has 6 heteroatoms. The predicted octanol–water partition coefficient (Wildman–Crippen LogP) is 2.07. The molecule has 1 aromatic rings. The van der Waals surface area contributed by atoms with Crippen molar-refractivity contribution in [2.24, 2.45) is 0 Å². The molecule has 0 saturated heterocycles. The smallest absolute Gasteiger partial charge is 0.305 e. The molecule has 0 aromatic carbocycles. The van der Waals surface area contributed by atoms with E-state index in [9.17, 15) is 9.90 Å². The highest BCUT2D eigenvalue weighted by Gasteiger charge is 2.12. The van der Waals surface area contributed by atoms with Crippen LogP contribution in [0, 0.1) is 3.70 Å². The number of hydrogen-bond acceptors (Lipinski definition) is 5. The molecule has 1 atom stereocenters. The molecule has 1 aromatic heterocycles. The van der Waals surface area contributed by atoms with Gasteiger partial charge in [-0.3, -0.25) is 4.79 Å². The van der Waals surface area contributed by atoms with Crippen LogP contribution in [-0.4, -0.2) is 30.3 Å². The number of aliphatic hydroxyl groups excluding tert-OH is 1. The molecule has 1 heterocycles. The molecule has 5 nitrogen and oxygen atoms in total. The van der Waals surface area contributed by atoms with Gasteiger partial charge in [-0.15, -0.1) is 0 Å². The Morgan fingerprint density at radius 2 is 2.22 bits per heavy atom. The fourth-order valence-electron chi connectivity index (χ4n) is 1.46. The van der Waals surface area contributed by atoms with Crippen LogP contribution in [-0.2, 0) is 9.53 Å². The van der Waals surface area contributed by atoms with Crippen LogP contribution in [0.4, 0.5) is 0 Å². The number of hydrogen-bond donors (Lipinski definition) is 1. The van der Waals surface area contributed by atoms with E-state index in [2.05, 4.69) is 32.3 Å². The van der Waals surface area contributed by atoms with Gasteiger partial charge in [-0.2, -0.15) is 0 Å². The van der Waals surface area contributed by atoms with Crippen LogP contribution >= 0.6 is 22.6 Å². The molecule has 0 amide bonds. The summed E-state index contributed by atoms with van der Waals surface area (Å²) in [6.45, 7) is 0. The van der Waals surface area contributed by atoms with E-state index in [0.717, 1.165) is 0 Å². The minimum Gasteiger partial charge on any atom is -0.494 e. The molecule has 0 saturated carbocycles. The Kier molecular flexibility index (Phi) is 6.34. The summed E-state index contributed by atoms with van der Waals surface area (Å²) in [4.78, 5) is 15.2. The van der Waals surface area contributed by atoms with Gasteiger partial charge in [0.15, 0.2) is 5.75 Å². The maximum absolute atomic E-state index is 10.9. The van der Waals surface area contributed by atoms with Crippen molar-refractivity contribution in [3.63, 3.8) is 0 Å². The number of carbonyl (C=O) groups excluding carboxylic acids is 1. The molecular weight excluding hydrogens is 349 g/mol. The Balaban J connectivity index is 2.53. The molecule has 100 valence electrons. The summed E-state index contributed by atoms with van der Waals surface area (Å²) in [5.74, 6) is 0.417. The standard InChI is InChI=1S/C12H16INO4/c1-17-10-7-6-8(14-12(10)13)9(15)4-3-5-11(16)18-2/h6-7,9,15H,3-5H2,1-2H3/t9-/m0/s1. The van der Waals surface area contributed by atoms with E-state index >= 15 is 0 Å². The minimum absolute atomic E-state index is 0.264. The Hall–Kier alpha value is -0.890. The van der Waals surface area contributed by atoms with Crippen LogP contribution in [0.3, 0.4) is 0 Å². The van der Waals surface area contributed by atoms with E-state index in [1.54, 1.807) is 19.2 Å². The SMILES string of the molecule is COC(=O)CCC[C@H](O)c1ccc(OC)c(I)n1. The lowest BCUT2D eigenvalue weighted by atomic mass is 10.1. The Morgan fingerprint density at radius 3 is 2.78 bits per heavy atom. The van der Waals surface area contributed by atoms with Crippen molar-refractivity contribution in [2.75, 3.05) is 14.2 Å². The van der Waals surface area contributed by atoms with Crippen molar-refractivity contribution in [1.82, 2.24) is 4.98 Å². The normalized spacial score (nSPS) is 12.0. The van der Waals surface area contributed by atoms with Crippen LogP contribution in [0.2, 0.25) is 0 Å². The van der Waals surface area contributed by atoms with E-state index in [4.69, 9.17) is 4.74 Å². The molecule has 0 aliphatic heterocycles. The topological polar surface area (TPSA) is 68.7 Å². The zero-order chi connectivity index (χ0) is 13.5. The number of esters is 1. The monoisotopic (exact) mass is 365 g/mol. The van der Waals surface area contributed by atoms with Gasteiger partial charge in [-0.05, 0) is 47.6 Å². The van der Waals surface area contributed by atoms with E-state index in [-0.39, 0.29) is 5.97 Å². The summed E-state index contributed by atoms with van der Waals surface area (Å²) >= 11 is 2.05. The molecule has 0 bridgehead atoms. The third-order valence-electron chi connectivity index (χ3n) is 2.48. The van der Waals surface area contributed by atoms with Crippen molar-refractivity contribution in [3.05, 3.63) is 21.5 Å². The number of nitrogens with zero attached hydrogens (tertiary/aromatic N) is 1. The average Bonchev–Trinajstić information content (AvgIpc) is 2.38. The summed E-state index contributed by atoms with van der Waals surface area (Å²) in [5.41, 5.74) is 0.588. The summed E-state index contributed by atoms with van der Waals surface area (Å²) in [7, 11) is 2.93. The second kappa shape index (κ2) is 7.52. The highest BCUT2D eigenvalue weighted by molar-refractivity contribution is 14.1. The van der Waals surface area contributed by atoms with Crippen LogP contribution in [0.5, 0.6) is 5.75 Å². The van der Waals surface area contributed by atoms with Crippen LogP contribution < -0.4 is 4.74 Å². The number of aliphatic hydroxyl groups is 1. The van der Waals surface area contributed by atoms with Gasteiger partial charge in [0.25, 0.3) is 0 Å². The third-order valence-corrected chi connectivity index (χ3v) is 3.26. The first-order chi connectivity index (χ1) is 8.58. The fourth-order valence-corrected chi connectivity index (χ4v) is 2.14. The van der Waals surface area contributed by atoms with Gasteiger partial charge in [0, 0.05) is 6.42 Å². The van der Waals surface area contributed by atoms with Crippen molar-refractivity contribution in [3.8, 4) is 5.75 Å². The van der Waals surface area contributed by atoms with Crippen LogP contribution in [0.15, 0.2) is 12.1 Å². The maximum Gasteiger partial charge on any atom is 0.305 e. The van der Waals surface area contributed by atoms with Gasteiger partial charge in [0.05, 0.1) is 26.0 Å². The molecule has 1 N–H and O–H groups in total. The number of halogens is 1. The largest absolute Gasteiger partial charge is 0.494 e. The van der Waals surface area contributed by atoms with Gasteiger partial charge < -0.3 is 14.6 Å². The molecule has 0 aliphatic rings. The first-order valence-corrected chi connectivity index (χ1v) is 6.61. The molecule has 0 radical (unpaired) electrons. The van der Waals surface area contributed by atoms with E-state index in [1.165, 1.54) is 7.11 Å². The fraction of sp³-hybridized carbons (Fsp3) is 0.500. The quantitative estimate of drug-likeness (QED) is 0.475. The molecule has 0 fully saturated rings. The molecule has 18 heavy (non-hydrogen) atoms. The zero-order valence-corrected chi connectivity index (χ0v) is 12.5. The third kappa shape index (κ3) is 4.41. The van der Waals surface area contributed by atoms with Crippen molar-refractivity contribution in [1.29, 1.82) is 0 Å². The predicted molar refractivity (Wildman–Crippen MR) is 74.3 cm³/mol. The van der Waals surface area contributed by atoms with Gasteiger partial charge in [-0.25, -0.2) is 4.98 Å². The number of rotatable bonds is 6. The molecule has 0 aliphatic carbocycles. The molecular formula is C12H16INO4. The minimum atomic E-state index is -0.672. The maximum atomic E-state index is 10.9. The second-order valence-electron chi connectivity index (χ2n) is 3.71. The van der Waals surface area contributed by atoms with Gasteiger partial charge in [0.1, 0.15) is 3.70 Å². The average molecular weight is 365 g/mol.